The second-order valence-corrected chi connectivity index (χ2v) is 3.97. The highest BCUT2D eigenvalue weighted by Gasteiger charge is 2.34. The minimum atomic E-state index is -0.728. The van der Waals surface area contributed by atoms with Crippen LogP contribution in [-0.2, 0) is 0 Å². The standard InChI is InChI=1S/C9H14FN5O/c10-6-4-12-8(15-11)14-7(6)13-5-9(16)2-1-3-9/h4,16H,1-3,5,11H2,(H2,12,13,14,15). The van der Waals surface area contributed by atoms with Crippen molar-refractivity contribution in [2.24, 2.45) is 5.84 Å². The molecule has 7 heteroatoms. The number of rotatable bonds is 4. The van der Waals surface area contributed by atoms with Crippen molar-refractivity contribution in [2.45, 2.75) is 24.9 Å². The Kier molecular flexibility index (Phi) is 2.88. The highest BCUT2D eigenvalue weighted by Crippen LogP contribution is 2.31. The van der Waals surface area contributed by atoms with Crippen LogP contribution in [0.1, 0.15) is 19.3 Å². The minimum Gasteiger partial charge on any atom is -0.388 e. The summed E-state index contributed by atoms with van der Waals surface area (Å²) in [5.74, 6) is 4.72. The lowest BCUT2D eigenvalue weighted by atomic mass is 9.80. The van der Waals surface area contributed by atoms with Gasteiger partial charge in [0, 0.05) is 6.54 Å². The Hall–Kier alpha value is -1.47. The molecule has 1 aromatic heterocycles. The summed E-state index contributed by atoms with van der Waals surface area (Å²) in [6.45, 7) is 0.283. The molecule has 1 saturated carbocycles. The molecule has 1 aromatic rings. The van der Waals surface area contributed by atoms with E-state index in [1.807, 2.05) is 0 Å². The number of nitrogens with zero attached hydrogens (tertiary/aromatic N) is 2. The van der Waals surface area contributed by atoms with E-state index in [0.717, 1.165) is 25.5 Å². The first kappa shape index (κ1) is 11.0. The van der Waals surface area contributed by atoms with Crippen molar-refractivity contribution in [3.63, 3.8) is 0 Å². The Balaban J connectivity index is 2.02. The second-order valence-electron chi connectivity index (χ2n) is 3.97. The van der Waals surface area contributed by atoms with Crippen LogP contribution in [0, 0.1) is 5.82 Å². The number of anilines is 2. The van der Waals surface area contributed by atoms with E-state index in [-0.39, 0.29) is 18.3 Å². The van der Waals surface area contributed by atoms with Crippen LogP contribution < -0.4 is 16.6 Å². The highest BCUT2D eigenvalue weighted by atomic mass is 19.1. The number of aliphatic hydroxyl groups is 1. The Morgan fingerprint density at radius 1 is 1.56 bits per heavy atom. The summed E-state index contributed by atoms with van der Waals surface area (Å²) in [6, 6.07) is 0. The average Bonchev–Trinajstić information content (AvgIpc) is 2.25. The number of hydrogen-bond donors (Lipinski definition) is 4. The molecule has 88 valence electrons. The van der Waals surface area contributed by atoms with Gasteiger partial charge in [0.25, 0.3) is 0 Å². The fourth-order valence-electron chi connectivity index (χ4n) is 1.57. The fourth-order valence-corrected chi connectivity index (χ4v) is 1.57. The Bertz CT molecular complexity index is 382. The molecule has 0 spiro atoms. The molecule has 1 aliphatic rings. The van der Waals surface area contributed by atoms with E-state index in [1.165, 1.54) is 0 Å². The van der Waals surface area contributed by atoms with Gasteiger partial charge >= 0.3 is 0 Å². The summed E-state index contributed by atoms with van der Waals surface area (Å²) in [5, 5.41) is 12.6. The van der Waals surface area contributed by atoms with Gasteiger partial charge in [0.05, 0.1) is 11.8 Å². The monoisotopic (exact) mass is 227 g/mol. The Morgan fingerprint density at radius 2 is 2.31 bits per heavy atom. The molecule has 1 fully saturated rings. The molecule has 2 rings (SSSR count). The first-order valence-electron chi connectivity index (χ1n) is 5.08. The van der Waals surface area contributed by atoms with Crippen molar-refractivity contribution in [3.05, 3.63) is 12.0 Å². The molecule has 0 aliphatic heterocycles. The largest absolute Gasteiger partial charge is 0.388 e. The lowest BCUT2D eigenvalue weighted by Gasteiger charge is -2.36. The molecule has 1 aliphatic carbocycles. The normalized spacial score (nSPS) is 17.7. The van der Waals surface area contributed by atoms with Gasteiger partial charge in [-0.1, -0.05) is 0 Å². The zero-order valence-electron chi connectivity index (χ0n) is 8.70. The second kappa shape index (κ2) is 4.18. The first-order chi connectivity index (χ1) is 7.63. The summed E-state index contributed by atoms with van der Waals surface area (Å²) in [5.41, 5.74) is 1.50. The van der Waals surface area contributed by atoms with Crippen LogP contribution >= 0.6 is 0 Å². The fraction of sp³-hybridized carbons (Fsp3) is 0.556. The molecule has 5 N–H and O–H groups in total. The third kappa shape index (κ3) is 2.20. The number of aromatic nitrogens is 2. The van der Waals surface area contributed by atoms with Crippen molar-refractivity contribution < 1.29 is 9.50 Å². The summed E-state index contributed by atoms with van der Waals surface area (Å²) in [4.78, 5) is 7.42. The molecule has 0 saturated heterocycles. The van der Waals surface area contributed by atoms with Crippen molar-refractivity contribution in [1.82, 2.24) is 9.97 Å². The summed E-state index contributed by atoms with van der Waals surface area (Å²) in [7, 11) is 0. The maximum absolute atomic E-state index is 13.3. The zero-order chi connectivity index (χ0) is 11.6. The van der Waals surface area contributed by atoms with Gasteiger partial charge in [-0.15, -0.1) is 0 Å². The zero-order valence-corrected chi connectivity index (χ0v) is 8.70. The van der Waals surface area contributed by atoms with E-state index in [2.05, 4.69) is 20.7 Å². The summed E-state index contributed by atoms with van der Waals surface area (Å²) in [6.07, 6.45) is 3.48. The van der Waals surface area contributed by atoms with Gasteiger partial charge in [-0.2, -0.15) is 4.98 Å². The van der Waals surface area contributed by atoms with Gasteiger partial charge in [-0.05, 0) is 19.3 Å². The quantitative estimate of drug-likeness (QED) is 0.434. The number of hydrazine groups is 1. The summed E-state index contributed by atoms with van der Waals surface area (Å²) >= 11 is 0. The topological polar surface area (TPSA) is 96.1 Å². The van der Waals surface area contributed by atoms with Gasteiger partial charge < -0.3 is 10.4 Å². The van der Waals surface area contributed by atoms with Gasteiger partial charge in [0.1, 0.15) is 0 Å². The molecule has 0 bridgehead atoms. The molecule has 1 heterocycles. The third-order valence-corrected chi connectivity index (χ3v) is 2.74. The van der Waals surface area contributed by atoms with Crippen molar-refractivity contribution >= 4 is 11.8 Å². The van der Waals surface area contributed by atoms with Gasteiger partial charge in [0.15, 0.2) is 11.6 Å². The van der Waals surface area contributed by atoms with E-state index in [9.17, 15) is 9.50 Å². The Morgan fingerprint density at radius 3 is 2.88 bits per heavy atom. The highest BCUT2D eigenvalue weighted by molar-refractivity contribution is 5.40. The van der Waals surface area contributed by atoms with E-state index < -0.39 is 11.4 Å². The molecular formula is C9H14FN5O. The maximum Gasteiger partial charge on any atom is 0.239 e. The number of hydrogen-bond acceptors (Lipinski definition) is 6. The minimum absolute atomic E-state index is 0.0447. The van der Waals surface area contributed by atoms with E-state index >= 15 is 0 Å². The SMILES string of the molecule is NNc1ncc(F)c(NCC2(O)CCC2)n1. The van der Waals surface area contributed by atoms with Crippen LogP contribution in [0.3, 0.4) is 0 Å². The maximum atomic E-state index is 13.3. The lowest BCUT2D eigenvalue weighted by Crippen LogP contribution is -2.43. The molecule has 0 atom stereocenters. The van der Waals surface area contributed by atoms with E-state index in [1.54, 1.807) is 0 Å². The van der Waals surface area contributed by atoms with Crippen molar-refractivity contribution in [1.29, 1.82) is 0 Å². The van der Waals surface area contributed by atoms with Crippen molar-refractivity contribution in [3.8, 4) is 0 Å². The number of nitrogens with two attached hydrogens (primary N) is 1. The van der Waals surface area contributed by atoms with Crippen LogP contribution in [-0.4, -0.2) is 27.2 Å². The van der Waals surface area contributed by atoms with Gasteiger partial charge in [0.2, 0.25) is 5.95 Å². The van der Waals surface area contributed by atoms with E-state index in [0.29, 0.717) is 0 Å². The smallest absolute Gasteiger partial charge is 0.239 e. The number of halogens is 1. The molecule has 16 heavy (non-hydrogen) atoms. The van der Waals surface area contributed by atoms with Crippen molar-refractivity contribution in [2.75, 3.05) is 17.3 Å². The molecule has 6 nitrogen and oxygen atoms in total. The summed E-state index contributed by atoms with van der Waals surface area (Å²) < 4.78 is 13.3. The van der Waals surface area contributed by atoms with Gasteiger partial charge in [-0.3, -0.25) is 5.43 Å². The number of nitrogens with one attached hydrogen (secondary N) is 2. The predicted octanol–water partition coefficient (Wildman–Crippen LogP) is 0.228. The first-order valence-corrected chi connectivity index (χ1v) is 5.08. The van der Waals surface area contributed by atoms with Gasteiger partial charge in [-0.25, -0.2) is 15.2 Å². The number of nitrogen functional groups attached to an aromatic ring is 1. The van der Waals surface area contributed by atoms with Crippen LogP contribution in [0.15, 0.2) is 6.20 Å². The Labute approximate surface area is 92.1 Å². The molecule has 0 aromatic carbocycles. The van der Waals surface area contributed by atoms with E-state index in [4.69, 9.17) is 5.84 Å². The molecule has 0 unspecified atom stereocenters. The van der Waals surface area contributed by atoms with Crippen LogP contribution in [0.25, 0.3) is 0 Å². The average molecular weight is 227 g/mol. The molecular weight excluding hydrogens is 213 g/mol. The third-order valence-electron chi connectivity index (χ3n) is 2.74. The molecule has 0 radical (unpaired) electrons. The molecule has 0 amide bonds. The lowest BCUT2D eigenvalue weighted by molar-refractivity contribution is -0.0203. The van der Waals surface area contributed by atoms with Crippen LogP contribution in [0.4, 0.5) is 16.2 Å². The van der Waals surface area contributed by atoms with Crippen LogP contribution in [0.5, 0.6) is 0 Å². The predicted molar refractivity (Wildman–Crippen MR) is 57.1 cm³/mol. The van der Waals surface area contributed by atoms with Crippen LogP contribution in [0.2, 0.25) is 0 Å².